The van der Waals surface area contributed by atoms with E-state index in [1.807, 2.05) is 7.11 Å². The van der Waals surface area contributed by atoms with Crippen molar-refractivity contribution in [2.45, 2.75) is 76.9 Å². The van der Waals surface area contributed by atoms with Crippen molar-refractivity contribution in [1.82, 2.24) is 5.43 Å². The molecule has 0 radical (unpaired) electrons. The van der Waals surface area contributed by atoms with E-state index in [9.17, 15) is 0 Å². The summed E-state index contributed by atoms with van der Waals surface area (Å²) in [5.74, 6) is 6.78. The minimum atomic E-state index is -0.0286. The fourth-order valence-corrected chi connectivity index (χ4v) is 3.35. The van der Waals surface area contributed by atoms with E-state index in [2.05, 4.69) is 19.3 Å². The van der Waals surface area contributed by atoms with Crippen LogP contribution in [0.5, 0.6) is 0 Å². The number of rotatable bonds is 6. The molecule has 1 atom stereocenters. The van der Waals surface area contributed by atoms with Crippen molar-refractivity contribution in [3.8, 4) is 0 Å². The van der Waals surface area contributed by atoms with Crippen LogP contribution < -0.4 is 11.3 Å². The minimum absolute atomic E-state index is 0.0286. The first kappa shape index (κ1) is 14.3. The van der Waals surface area contributed by atoms with E-state index in [4.69, 9.17) is 10.6 Å². The van der Waals surface area contributed by atoms with E-state index in [1.165, 1.54) is 32.1 Å². The average Bonchev–Trinajstić information content (AvgIpc) is 3.16. The van der Waals surface area contributed by atoms with Crippen LogP contribution in [0, 0.1) is 11.3 Å². The lowest BCUT2D eigenvalue weighted by Crippen LogP contribution is -2.56. The molecule has 0 aliphatic heterocycles. The van der Waals surface area contributed by atoms with Crippen LogP contribution in [0.15, 0.2) is 0 Å². The molecule has 2 aliphatic rings. The van der Waals surface area contributed by atoms with E-state index in [1.54, 1.807) is 0 Å². The van der Waals surface area contributed by atoms with Gasteiger partial charge in [0.25, 0.3) is 0 Å². The van der Waals surface area contributed by atoms with Crippen LogP contribution in [0.4, 0.5) is 0 Å². The monoisotopic (exact) mass is 254 g/mol. The molecule has 3 nitrogen and oxygen atoms in total. The highest BCUT2D eigenvalue weighted by atomic mass is 16.5. The first-order valence-electron chi connectivity index (χ1n) is 7.53. The van der Waals surface area contributed by atoms with Crippen molar-refractivity contribution >= 4 is 0 Å². The van der Waals surface area contributed by atoms with Crippen molar-refractivity contribution in [3.05, 3.63) is 0 Å². The van der Waals surface area contributed by atoms with Crippen LogP contribution in [-0.2, 0) is 4.74 Å². The predicted octanol–water partition coefficient (Wildman–Crippen LogP) is 2.99. The fraction of sp³-hybridized carbons (Fsp3) is 1.00. The molecule has 0 aromatic carbocycles. The molecular weight excluding hydrogens is 224 g/mol. The Morgan fingerprint density at radius 2 is 1.83 bits per heavy atom. The quantitative estimate of drug-likeness (QED) is 0.566. The highest BCUT2D eigenvalue weighted by Gasteiger charge is 2.44. The normalized spacial score (nSPS) is 28.0. The van der Waals surface area contributed by atoms with Crippen molar-refractivity contribution < 1.29 is 4.74 Å². The zero-order valence-corrected chi connectivity index (χ0v) is 12.3. The number of hydrazine groups is 1. The van der Waals surface area contributed by atoms with Crippen LogP contribution in [0.2, 0.25) is 0 Å². The average molecular weight is 254 g/mol. The number of nitrogens with two attached hydrogens (primary N) is 1. The third-order valence-corrected chi connectivity index (χ3v) is 5.25. The molecule has 0 spiro atoms. The molecule has 1 unspecified atom stereocenters. The summed E-state index contributed by atoms with van der Waals surface area (Å²) in [6.07, 6.45) is 10.1. The van der Waals surface area contributed by atoms with Crippen LogP contribution in [0.3, 0.4) is 0 Å². The zero-order valence-electron chi connectivity index (χ0n) is 12.3. The summed E-state index contributed by atoms with van der Waals surface area (Å²) in [6.45, 7) is 4.73. The van der Waals surface area contributed by atoms with Crippen LogP contribution in [-0.4, -0.2) is 18.8 Å². The van der Waals surface area contributed by atoms with Crippen LogP contribution in [0.1, 0.15) is 65.2 Å². The van der Waals surface area contributed by atoms with Gasteiger partial charge in [-0.1, -0.05) is 26.7 Å². The van der Waals surface area contributed by atoms with E-state index in [0.29, 0.717) is 11.5 Å². The highest BCUT2D eigenvalue weighted by molar-refractivity contribution is 4.98. The number of nitrogens with one attached hydrogen (secondary N) is 1. The van der Waals surface area contributed by atoms with Gasteiger partial charge in [-0.3, -0.25) is 11.3 Å². The fourth-order valence-electron chi connectivity index (χ4n) is 3.35. The first-order chi connectivity index (χ1) is 8.51. The molecule has 0 bridgehead atoms. The topological polar surface area (TPSA) is 47.3 Å². The van der Waals surface area contributed by atoms with Gasteiger partial charge >= 0.3 is 0 Å². The summed E-state index contributed by atoms with van der Waals surface area (Å²) in [6, 6.07) is 0.319. The Morgan fingerprint density at radius 3 is 2.28 bits per heavy atom. The lowest BCUT2D eigenvalue weighted by molar-refractivity contribution is -0.0885. The maximum atomic E-state index is 5.94. The molecule has 2 aliphatic carbocycles. The van der Waals surface area contributed by atoms with Crippen LogP contribution >= 0.6 is 0 Å². The molecule has 3 heteroatoms. The van der Waals surface area contributed by atoms with Gasteiger partial charge in [0.05, 0.1) is 11.6 Å². The summed E-state index contributed by atoms with van der Waals surface area (Å²) in [4.78, 5) is 0. The van der Waals surface area contributed by atoms with E-state index >= 15 is 0 Å². The van der Waals surface area contributed by atoms with Gasteiger partial charge < -0.3 is 4.74 Å². The van der Waals surface area contributed by atoms with Gasteiger partial charge in [0.1, 0.15) is 0 Å². The summed E-state index contributed by atoms with van der Waals surface area (Å²) < 4.78 is 5.94. The smallest absolute Gasteiger partial charge is 0.0844 e. The lowest BCUT2D eigenvalue weighted by atomic mass is 9.68. The molecule has 106 valence electrons. The summed E-state index contributed by atoms with van der Waals surface area (Å²) >= 11 is 0. The minimum Gasteiger partial charge on any atom is -0.377 e. The standard InChI is InChI=1S/C15H30N2O/c1-14(2)8-10-15(18-3,11-9-14)13(17-16)7-6-12-4-5-12/h12-13,17H,4-11,16H2,1-3H3. The van der Waals surface area contributed by atoms with Gasteiger partial charge in [0.15, 0.2) is 0 Å². The molecule has 0 saturated heterocycles. The molecule has 0 heterocycles. The van der Waals surface area contributed by atoms with Gasteiger partial charge in [-0.15, -0.1) is 0 Å². The summed E-state index contributed by atoms with van der Waals surface area (Å²) in [5, 5.41) is 0. The van der Waals surface area contributed by atoms with Crippen molar-refractivity contribution in [2.24, 2.45) is 17.2 Å². The maximum absolute atomic E-state index is 5.94. The van der Waals surface area contributed by atoms with Crippen LogP contribution in [0.25, 0.3) is 0 Å². The molecular formula is C15H30N2O. The van der Waals surface area contributed by atoms with E-state index in [-0.39, 0.29) is 5.60 Å². The van der Waals surface area contributed by atoms with Gasteiger partial charge in [-0.2, -0.15) is 0 Å². The van der Waals surface area contributed by atoms with Gasteiger partial charge in [0, 0.05) is 7.11 Å². The SMILES string of the molecule is COC1(C(CCC2CC2)NN)CCC(C)(C)CC1. The molecule has 2 saturated carbocycles. The largest absolute Gasteiger partial charge is 0.377 e. The number of hydrogen-bond acceptors (Lipinski definition) is 3. The maximum Gasteiger partial charge on any atom is 0.0844 e. The summed E-state index contributed by atoms with van der Waals surface area (Å²) in [7, 11) is 1.86. The van der Waals surface area contributed by atoms with Crippen molar-refractivity contribution in [3.63, 3.8) is 0 Å². The lowest BCUT2D eigenvalue weighted by Gasteiger charge is -2.47. The first-order valence-corrected chi connectivity index (χ1v) is 7.53. The Labute approximate surface area is 112 Å². The van der Waals surface area contributed by atoms with Gasteiger partial charge in [0.2, 0.25) is 0 Å². The Balaban J connectivity index is 1.95. The molecule has 3 N–H and O–H groups in total. The van der Waals surface area contributed by atoms with Gasteiger partial charge in [-0.25, -0.2) is 0 Å². The van der Waals surface area contributed by atoms with Crippen molar-refractivity contribution in [2.75, 3.05) is 7.11 Å². The van der Waals surface area contributed by atoms with Crippen molar-refractivity contribution in [1.29, 1.82) is 0 Å². The number of hydrogen-bond donors (Lipinski definition) is 2. The molecule has 2 fully saturated rings. The number of ether oxygens (including phenoxy) is 1. The predicted molar refractivity (Wildman–Crippen MR) is 75.1 cm³/mol. The second kappa shape index (κ2) is 5.48. The second-order valence-corrected chi connectivity index (χ2v) is 7.17. The Bertz CT molecular complexity index is 264. The molecule has 0 aromatic heterocycles. The highest BCUT2D eigenvalue weighted by Crippen LogP contribution is 2.45. The number of methoxy groups -OCH3 is 1. The Kier molecular flexibility index (Phi) is 4.35. The summed E-state index contributed by atoms with van der Waals surface area (Å²) in [5.41, 5.74) is 3.49. The second-order valence-electron chi connectivity index (χ2n) is 7.17. The van der Waals surface area contributed by atoms with E-state index < -0.39 is 0 Å². The molecule has 0 aromatic rings. The third-order valence-electron chi connectivity index (χ3n) is 5.25. The molecule has 0 amide bonds. The molecule has 2 rings (SSSR count). The van der Waals surface area contributed by atoms with Gasteiger partial charge in [-0.05, 0) is 49.9 Å². The third kappa shape index (κ3) is 3.25. The zero-order chi connectivity index (χ0) is 13.2. The Hall–Kier alpha value is -0.120. The molecule has 18 heavy (non-hydrogen) atoms. The Morgan fingerprint density at radius 1 is 1.22 bits per heavy atom. The van der Waals surface area contributed by atoms with E-state index in [0.717, 1.165) is 25.2 Å².